The molecule has 2 aliphatic rings. The highest BCUT2D eigenvalue weighted by Gasteiger charge is 2.76. The van der Waals surface area contributed by atoms with Crippen LogP contribution in [0.2, 0.25) is 0 Å². The fourth-order valence-corrected chi connectivity index (χ4v) is 4.46. The highest BCUT2D eigenvalue weighted by molar-refractivity contribution is 5.95. The molecule has 12 heteroatoms. The molecule has 2 saturated carbocycles. The molecular formula is C23H35N3O9. The summed E-state index contributed by atoms with van der Waals surface area (Å²) in [5.74, 6) is -4.98. The zero-order valence-electron chi connectivity index (χ0n) is 20.9. The molecule has 4 N–H and O–H groups in total. The number of hydrogen-bond donors (Lipinski definition) is 4. The van der Waals surface area contributed by atoms with Crippen molar-refractivity contribution < 1.29 is 43.3 Å². The quantitative estimate of drug-likeness (QED) is 0.196. The molecule has 196 valence electrons. The lowest BCUT2D eigenvalue weighted by Crippen LogP contribution is -2.61. The Morgan fingerprint density at radius 2 is 1.71 bits per heavy atom. The van der Waals surface area contributed by atoms with Gasteiger partial charge in [-0.05, 0) is 41.5 Å². The van der Waals surface area contributed by atoms with Crippen LogP contribution in [0.25, 0.3) is 0 Å². The zero-order valence-corrected chi connectivity index (χ0v) is 20.9. The fourth-order valence-electron chi connectivity index (χ4n) is 4.46. The van der Waals surface area contributed by atoms with E-state index in [1.165, 1.54) is 13.8 Å². The van der Waals surface area contributed by atoms with Gasteiger partial charge in [-0.2, -0.15) is 0 Å². The summed E-state index contributed by atoms with van der Waals surface area (Å²) in [6, 6.07) is -2.14. The third-order valence-electron chi connectivity index (χ3n) is 5.96. The summed E-state index contributed by atoms with van der Waals surface area (Å²) < 4.78 is 15.1. The van der Waals surface area contributed by atoms with Crippen LogP contribution >= 0.6 is 0 Å². The molecule has 0 aromatic rings. The first-order valence-corrected chi connectivity index (χ1v) is 11.5. The van der Waals surface area contributed by atoms with Crippen molar-refractivity contribution in [1.82, 2.24) is 16.0 Å². The molecule has 1 unspecified atom stereocenters. The van der Waals surface area contributed by atoms with Gasteiger partial charge in [0.25, 0.3) is 0 Å². The molecule has 0 saturated heterocycles. The van der Waals surface area contributed by atoms with E-state index in [1.54, 1.807) is 27.7 Å². The minimum absolute atomic E-state index is 0.0197. The monoisotopic (exact) mass is 497 g/mol. The number of carbonyl (C=O) groups excluding carboxylic acids is 5. The van der Waals surface area contributed by atoms with Crippen LogP contribution in [0.3, 0.4) is 0 Å². The van der Waals surface area contributed by atoms with Gasteiger partial charge in [-0.1, -0.05) is 6.58 Å². The average molecular weight is 498 g/mol. The van der Waals surface area contributed by atoms with Crippen molar-refractivity contribution in [2.75, 3.05) is 6.61 Å². The van der Waals surface area contributed by atoms with E-state index in [4.69, 9.17) is 14.2 Å². The van der Waals surface area contributed by atoms with Crippen molar-refractivity contribution in [3.8, 4) is 0 Å². The van der Waals surface area contributed by atoms with Gasteiger partial charge in [-0.3, -0.25) is 14.4 Å². The maximum atomic E-state index is 13.0. The predicted molar refractivity (Wildman–Crippen MR) is 121 cm³/mol. The van der Waals surface area contributed by atoms with Gasteiger partial charge in [0.05, 0.1) is 24.9 Å². The maximum Gasteiger partial charge on any atom is 0.408 e. The van der Waals surface area contributed by atoms with Gasteiger partial charge < -0.3 is 35.3 Å². The highest BCUT2D eigenvalue weighted by Crippen LogP contribution is 2.63. The van der Waals surface area contributed by atoms with E-state index in [2.05, 4.69) is 22.5 Å². The molecule has 2 aliphatic carbocycles. The minimum Gasteiger partial charge on any atom is -0.464 e. The van der Waals surface area contributed by atoms with E-state index in [0.717, 1.165) is 6.26 Å². The molecule has 0 bridgehead atoms. The number of aliphatic hydroxyl groups excluding tert-OH is 1. The molecule has 0 aliphatic heterocycles. The average Bonchev–Trinajstić information content (AvgIpc) is 3.41. The molecule has 0 spiro atoms. The first-order valence-electron chi connectivity index (χ1n) is 11.5. The minimum atomic E-state index is -1.67. The Morgan fingerprint density at radius 3 is 2.26 bits per heavy atom. The van der Waals surface area contributed by atoms with Crippen molar-refractivity contribution in [3.05, 3.63) is 12.8 Å². The molecule has 3 amide bonds. The Balaban J connectivity index is 2.10. The molecule has 0 aromatic carbocycles. The van der Waals surface area contributed by atoms with Gasteiger partial charge in [-0.25, -0.2) is 9.59 Å². The number of carbonyl (C=O) groups is 5. The number of ether oxygens (including phenoxy) is 3. The van der Waals surface area contributed by atoms with E-state index in [9.17, 15) is 29.1 Å². The SMILES string of the molecule is C=COC(=O)[C@H]1[C@H]2[C@@H]1[C@@](NC(=O)[C@H](C)NC(=O)C(C)NC(=O)OC(C)(C)C)(C(=O)OCC)C[C@@H]2O. The second kappa shape index (κ2) is 10.6. The summed E-state index contributed by atoms with van der Waals surface area (Å²) in [4.78, 5) is 62.6. The van der Waals surface area contributed by atoms with Crippen LogP contribution in [-0.2, 0) is 33.4 Å². The highest BCUT2D eigenvalue weighted by atomic mass is 16.6. The molecule has 0 aromatic heterocycles. The van der Waals surface area contributed by atoms with Crippen LogP contribution in [0, 0.1) is 17.8 Å². The zero-order chi connectivity index (χ0) is 26.7. The molecule has 35 heavy (non-hydrogen) atoms. The van der Waals surface area contributed by atoms with Gasteiger partial charge in [0.15, 0.2) is 0 Å². The summed E-state index contributed by atoms with van der Waals surface area (Å²) in [6.07, 6.45) is -1.04. The second-order valence-corrected chi connectivity index (χ2v) is 9.78. The summed E-state index contributed by atoms with van der Waals surface area (Å²) in [7, 11) is 0. The first kappa shape index (κ1) is 28.1. The third-order valence-corrected chi connectivity index (χ3v) is 5.96. The van der Waals surface area contributed by atoms with Gasteiger partial charge in [0, 0.05) is 18.3 Å². The van der Waals surface area contributed by atoms with Gasteiger partial charge in [0.1, 0.15) is 23.2 Å². The summed E-state index contributed by atoms with van der Waals surface area (Å²) >= 11 is 0. The number of nitrogens with one attached hydrogen (secondary N) is 3. The van der Waals surface area contributed by atoms with E-state index in [0.29, 0.717) is 0 Å². The standard InChI is InChI=1S/C23H35N3O9/c1-8-33-19(30)15-14-13(27)10-23(16(14)15,20(31)34-9-2)26-18(29)12(4)24-17(28)11(3)25-21(32)35-22(5,6)7/h8,11-16,27H,1,9-10H2,2-7H3,(H,24,28)(H,25,32)(H,26,29)/t11?,12-,13-,14-,15-,16-,23+/m0/s1. The Hall–Kier alpha value is -3.15. The number of aliphatic hydroxyl groups is 1. The maximum absolute atomic E-state index is 13.0. The number of hydrogen-bond acceptors (Lipinski definition) is 9. The first-order chi connectivity index (χ1) is 16.2. The lowest BCUT2D eigenvalue weighted by Gasteiger charge is -2.32. The smallest absolute Gasteiger partial charge is 0.408 e. The number of alkyl carbamates (subject to hydrolysis) is 1. The summed E-state index contributed by atoms with van der Waals surface area (Å²) in [6.45, 7) is 12.8. The number of esters is 2. The molecule has 0 heterocycles. The molecule has 12 nitrogen and oxygen atoms in total. The van der Waals surface area contributed by atoms with E-state index >= 15 is 0 Å². The molecular weight excluding hydrogens is 462 g/mol. The topological polar surface area (TPSA) is 169 Å². The fraction of sp³-hybridized carbons (Fsp3) is 0.696. The van der Waals surface area contributed by atoms with E-state index in [1.807, 2.05) is 0 Å². The van der Waals surface area contributed by atoms with Crippen molar-refractivity contribution in [3.63, 3.8) is 0 Å². The Labute approximate surface area is 204 Å². The Bertz CT molecular complexity index is 884. The van der Waals surface area contributed by atoms with Crippen LogP contribution in [0.5, 0.6) is 0 Å². The third kappa shape index (κ3) is 6.30. The van der Waals surface area contributed by atoms with Crippen LogP contribution in [0.1, 0.15) is 48.0 Å². The summed E-state index contributed by atoms with van der Waals surface area (Å²) in [5, 5.41) is 17.9. The van der Waals surface area contributed by atoms with Gasteiger partial charge in [0.2, 0.25) is 11.8 Å². The lowest BCUT2D eigenvalue weighted by atomic mass is 9.89. The van der Waals surface area contributed by atoms with Crippen LogP contribution in [0.4, 0.5) is 4.79 Å². The van der Waals surface area contributed by atoms with Crippen LogP contribution < -0.4 is 16.0 Å². The normalized spacial score (nSPS) is 28.4. The predicted octanol–water partition coefficient (Wildman–Crippen LogP) is 0.136. The number of amides is 3. The van der Waals surface area contributed by atoms with Crippen molar-refractivity contribution in [2.24, 2.45) is 17.8 Å². The van der Waals surface area contributed by atoms with Crippen molar-refractivity contribution in [2.45, 2.75) is 77.3 Å². The molecule has 2 fully saturated rings. The lowest BCUT2D eigenvalue weighted by molar-refractivity contribution is -0.156. The largest absolute Gasteiger partial charge is 0.464 e. The molecule has 0 radical (unpaired) electrons. The van der Waals surface area contributed by atoms with Crippen molar-refractivity contribution >= 4 is 29.8 Å². The Morgan fingerprint density at radius 1 is 1.11 bits per heavy atom. The molecule has 7 atom stereocenters. The number of rotatable bonds is 9. The summed E-state index contributed by atoms with van der Waals surface area (Å²) in [5.41, 5.74) is -2.42. The number of fused-ring (bicyclic) bond motifs is 1. The van der Waals surface area contributed by atoms with Crippen LogP contribution in [-0.4, -0.2) is 70.9 Å². The van der Waals surface area contributed by atoms with E-state index < -0.39 is 76.9 Å². The van der Waals surface area contributed by atoms with Crippen molar-refractivity contribution in [1.29, 1.82) is 0 Å². The van der Waals surface area contributed by atoms with Gasteiger partial charge >= 0.3 is 18.0 Å². The van der Waals surface area contributed by atoms with Crippen LogP contribution in [0.15, 0.2) is 12.8 Å². The molecule has 2 rings (SSSR count). The Kier molecular flexibility index (Phi) is 8.53. The second-order valence-electron chi connectivity index (χ2n) is 9.78. The van der Waals surface area contributed by atoms with E-state index in [-0.39, 0.29) is 13.0 Å². The van der Waals surface area contributed by atoms with Gasteiger partial charge in [-0.15, -0.1) is 0 Å².